The van der Waals surface area contributed by atoms with Crippen LogP contribution in [0.2, 0.25) is 0 Å². The number of hydrogen-bond acceptors (Lipinski definition) is 5. The third-order valence-corrected chi connectivity index (χ3v) is 5.19. The Labute approximate surface area is 153 Å². The van der Waals surface area contributed by atoms with Crippen LogP contribution in [0.25, 0.3) is 11.0 Å². The van der Waals surface area contributed by atoms with Crippen LogP contribution in [0.1, 0.15) is 16.6 Å². The van der Waals surface area contributed by atoms with Crippen molar-refractivity contribution in [2.24, 2.45) is 7.05 Å². The maximum Gasteiger partial charge on any atom is 0.183 e. The molecule has 2 aromatic heterocycles. The predicted molar refractivity (Wildman–Crippen MR) is 91.3 cm³/mol. The number of Topliss-reactive ketones (excluding diaryl/α,β-unsaturated/α-hetero) is 1. The Morgan fingerprint density at radius 3 is 2.91 bits per heavy atom. The molecule has 23 heavy (non-hydrogen) atoms. The SMILES string of the molecule is CCOc1ccc2c(c1)nc(SCC(=O)c1cccs1)n2C.[Br-]. The van der Waals surface area contributed by atoms with Crippen molar-refractivity contribution in [1.82, 2.24) is 9.55 Å². The van der Waals surface area contributed by atoms with Crippen LogP contribution in [0, 0.1) is 0 Å². The minimum atomic E-state index is 0. The largest absolute Gasteiger partial charge is 1.00 e. The van der Waals surface area contributed by atoms with Gasteiger partial charge in [0, 0.05) is 13.1 Å². The summed E-state index contributed by atoms with van der Waals surface area (Å²) in [4.78, 5) is 17.5. The van der Waals surface area contributed by atoms with E-state index in [0.29, 0.717) is 12.4 Å². The van der Waals surface area contributed by atoms with Gasteiger partial charge in [-0.2, -0.15) is 0 Å². The molecule has 1 aromatic carbocycles. The lowest BCUT2D eigenvalue weighted by Gasteiger charge is -2.02. The number of aromatic nitrogens is 2. The molecule has 0 N–H and O–H groups in total. The van der Waals surface area contributed by atoms with Gasteiger partial charge >= 0.3 is 0 Å². The van der Waals surface area contributed by atoms with Crippen molar-refractivity contribution in [2.45, 2.75) is 12.1 Å². The number of nitrogens with zero attached hydrogens (tertiary/aromatic N) is 2. The van der Waals surface area contributed by atoms with Crippen LogP contribution in [0.15, 0.2) is 40.9 Å². The van der Waals surface area contributed by atoms with E-state index in [1.807, 2.05) is 54.3 Å². The first kappa shape index (κ1) is 18.0. The number of benzene rings is 1. The van der Waals surface area contributed by atoms with Crippen molar-refractivity contribution in [3.8, 4) is 5.75 Å². The smallest absolute Gasteiger partial charge is 0.183 e. The molecule has 122 valence electrons. The normalized spacial score (nSPS) is 10.5. The molecule has 0 bridgehead atoms. The van der Waals surface area contributed by atoms with Gasteiger partial charge in [-0.1, -0.05) is 17.8 Å². The number of ether oxygens (including phenoxy) is 1. The van der Waals surface area contributed by atoms with Gasteiger partial charge in [-0.25, -0.2) is 4.98 Å². The molecular formula is C16H16BrN2O2S2-. The second-order valence-corrected chi connectivity index (χ2v) is 6.62. The highest BCUT2D eigenvalue weighted by Crippen LogP contribution is 2.26. The van der Waals surface area contributed by atoms with Crippen molar-refractivity contribution in [3.05, 3.63) is 40.6 Å². The highest BCUT2D eigenvalue weighted by atomic mass is 79.9. The molecule has 0 unspecified atom stereocenters. The van der Waals surface area contributed by atoms with Crippen LogP contribution in [0.5, 0.6) is 5.75 Å². The minimum Gasteiger partial charge on any atom is -1.00 e. The number of aryl methyl sites for hydroxylation is 1. The zero-order chi connectivity index (χ0) is 15.5. The van der Waals surface area contributed by atoms with Gasteiger partial charge in [-0.15, -0.1) is 11.3 Å². The van der Waals surface area contributed by atoms with E-state index in [2.05, 4.69) is 4.98 Å². The molecule has 0 aliphatic rings. The number of thioether (sulfide) groups is 1. The van der Waals surface area contributed by atoms with E-state index >= 15 is 0 Å². The standard InChI is InChI=1S/C16H16N2O2S2.BrH/c1-3-20-11-6-7-13-12(9-11)17-16(18(13)2)22-10-14(19)15-5-4-8-21-15;/h4-9H,3,10H2,1-2H3;1H/p-1. The Bertz CT molecular complexity index is 800. The summed E-state index contributed by atoms with van der Waals surface area (Å²) in [5.41, 5.74) is 1.93. The molecule has 0 amide bonds. The van der Waals surface area contributed by atoms with E-state index in [9.17, 15) is 4.79 Å². The van der Waals surface area contributed by atoms with Crippen molar-refractivity contribution in [2.75, 3.05) is 12.4 Å². The monoisotopic (exact) mass is 411 g/mol. The molecule has 0 fully saturated rings. The first-order chi connectivity index (χ1) is 10.7. The zero-order valence-electron chi connectivity index (χ0n) is 12.8. The lowest BCUT2D eigenvalue weighted by Crippen LogP contribution is -3.00. The van der Waals surface area contributed by atoms with Crippen LogP contribution in [0.4, 0.5) is 0 Å². The Morgan fingerprint density at radius 2 is 2.22 bits per heavy atom. The third-order valence-electron chi connectivity index (χ3n) is 3.25. The maximum atomic E-state index is 12.1. The second kappa shape index (κ2) is 7.99. The van der Waals surface area contributed by atoms with Gasteiger partial charge in [-0.3, -0.25) is 4.79 Å². The Kier molecular flexibility index (Phi) is 6.26. The summed E-state index contributed by atoms with van der Waals surface area (Å²) in [7, 11) is 1.97. The van der Waals surface area contributed by atoms with Crippen molar-refractivity contribution in [3.63, 3.8) is 0 Å². The molecule has 0 saturated carbocycles. The Hall–Kier alpha value is -1.31. The predicted octanol–water partition coefficient (Wildman–Crippen LogP) is 1.01. The number of halogens is 1. The van der Waals surface area contributed by atoms with E-state index in [0.717, 1.165) is 26.8 Å². The van der Waals surface area contributed by atoms with Crippen molar-refractivity contribution in [1.29, 1.82) is 0 Å². The van der Waals surface area contributed by atoms with Gasteiger partial charge in [0.2, 0.25) is 0 Å². The molecule has 0 aliphatic heterocycles. The van der Waals surface area contributed by atoms with E-state index in [-0.39, 0.29) is 22.8 Å². The molecule has 0 atom stereocenters. The lowest BCUT2D eigenvalue weighted by molar-refractivity contribution is -0.0000128. The number of ketones is 1. The molecule has 3 rings (SSSR count). The molecule has 3 aromatic rings. The second-order valence-electron chi connectivity index (χ2n) is 4.73. The number of carbonyl (C=O) groups is 1. The molecule has 4 nitrogen and oxygen atoms in total. The van der Waals surface area contributed by atoms with Gasteiger partial charge < -0.3 is 26.3 Å². The molecular weight excluding hydrogens is 396 g/mol. The van der Waals surface area contributed by atoms with E-state index in [4.69, 9.17) is 4.74 Å². The number of rotatable bonds is 6. The number of fused-ring (bicyclic) bond motifs is 1. The molecule has 0 aliphatic carbocycles. The summed E-state index contributed by atoms with van der Waals surface area (Å²) in [6.07, 6.45) is 0. The van der Waals surface area contributed by atoms with Crippen LogP contribution in [0.3, 0.4) is 0 Å². The van der Waals surface area contributed by atoms with Gasteiger partial charge in [0.25, 0.3) is 0 Å². The molecule has 0 spiro atoms. The van der Waals surface area contributed by atoms with Gasteiger partial charge in [0.15, 0.2) is 10.9 Å². The average Bonchev–Trinajstić information content (AvgIpc) is 3.14. The lowest BCUT2D eigenvalue weighted by atomic mass is 10.3. The molecule has 0 saturated heterocycles. The highest BCUT2D eigenvalue weighted by molar-refractivity contribution is 7.99. The minimum absolute atomic E-state index is 0. The summed E-state index contributed by atoms with van der Waals surface area (Å²) in [5, 5.41) is 2.76. The number of hydrogen-bond donors (Lipinski definition) is 0. The number of thiophene rings is 1. The highest BCUT2D eigenvalue weighted by Gasteiger charge is 2.13. The molecule has 2 heterocycles. The Morgan fingerprint density at radius 1 is 1.39 bits per heavy atom. The quantitative estimate of drug-likeness (QED) is 0.448. The van der Waals surface area contributed by atoms with Gasteiger partial charge in [0.1, 0.15) is 5.75 Å². The fraction of sp³-hybridized carbons (Fsp3) is 0.250. The summed E-state index contributed by atoms with van der Waals surface area (Å²) in [6, 6.07) is 9.63. The summed E-state index contributed by atoms with van der Waals surface area (Å²) < 4.78 is 7.51. The first-order valence-electron chi connectivity index (χ1n) is 6.98. The molecule has 7 heteroatoms. The maximum absolute atomic E-state index is 12.1. The van der Waals surface area contributed by atoms with Crippen LogP contribution >= 0.6 is 23.1 Å². The average molecular weight is 412 g/mol. The summed E-state index contributed by atoms with van der Waals surface area (Å²) >= 11 is 2.94. The number of imidazole rings is 1. The van der Waals surface area contributed by atoms with Crippen molar-refractivity contribution >= 4 is 39.9 Å². The number of carbonyl (C=O) groups excluding carboxylic acids is 1. The fourth-order valence-corrected chi connectivity index (χ4v) is 3.81. The zero-order valence-corrected chi connectivity index (χ0v) is 16.0. The van der Waals surface area contributed by atoms with Gasteiger partial charge in [-0.05, 0) is 30.5 Å². The Balaban J connectivity index is 0.00000192. The fourth-order valence-electron chi connectivity index (χ4n) is 2.18. The van der Waals surface area contributed by atoms with E-state index in [1.54, 1.807) is 0 Å². The first-order valence-corrected chi connectivity index (χ1v) is 8.84. The van der Waals surface area contributed by atoms with Crippen LogP contribution < -0.4 is 21.7 Å². The van der Waals surface area contributed by atoms with Crippen LogP contribution in [-0.4, -0.2) is 27.7 Å². The van der Waals surface area contributed by atoms with Gasteiger partial charge in [0.05, 0.1) is 28.3 Å². The summed E-state index contributed by atoms with van der Waals surface area (Å²) in [6.45, 7) is 2.59. The topological polar surface area (TPSA) is 44.1 Å². The van der Waals surface area contributed by atoms with E-state index < -0.39 is 0 Å². The third kappa shape index (κ3) is 3.97. The molecule has 0 radical (unpaired) electrons. The van der Waals surface area contributed by atoms with Crippen molar-refractivity contribution < 1.29 is 26.5 Å². The summed E-state index contributed by atoms with van der Waals surface area (Å²) in [5.74, 6) is 1.36. The van der Waals surface area contributed by atoms with Crippen LogP contribution in [-0.2, 0) is 7.05 Å². The van der Waals surface area contributed by atoms with E-state index in [1.165, 1.54) is 23.1 Å².